The highest BCUT2D eigenvalue weighted by atomic mass is 16.5. The summed E-state index contributed by atoms with van der Waals surface area (Å²) in [5, 5.41) is 0. The zero-order chi connectivity index (χ0) is 15.4. The van der Waals surface area contributed by atoms with Gasteiger partial charge in [0.2, 0.25) is 0 Å². The van der Waals surface area contributed by atoms with Crippen LogP contribution < -0.4 is 0 Å². The highest BCUT2D eigenvalue weighted by Crippen LogP contribution is 2.22. The van der Waals surface area contributed by atoms with E-state index in [1.54, 1.807) is 12.1 Å². The summed E-state index contributed by atoms with van der Waals surface area (Å²) in [5.41, 5.74) is 4.37. The molecule has 1 aromatic heterocycles. The molecule has 2 aromatic carbocycles. The third kappa shape index (κ3) is 2.88. The minimum absolute atomic E-state index is 0.336. The van der Waals surface area contributed by atoms with Crippen LogP contribution in [0.5, 0.6) is 0 Å². The van der Waals surface area contributed by atoms with Crippen LogP contribution in [0.4, 0.5) is 0 Å². The Bertz CT molecular complexity index is 780. The zero-order valence-electron chi connectivity index (χ0n) is 12.2. The molecule has 0 radical (unpaired) electrons. The molecule has 1 heterocycles. The number of hydrogen-bond donors (Lipinski definition) is 0. The molecule has 0 saturated heterocycles. The number of esters is 1. The predicted molar refractivity (Wildman–Crippen MR) is 86.4 cm³/mol. The molecule has 0 aliphatic rings. The first-order chi connectivity index (χ1) is 10.8. The van der Waals surface area contributed by atoms with Crippen LogP contribution >= 0.6 is 0 Å². The highest BCUT2D eigenvalue weighted by Gasteiger charge is 2.07. The molecule has 0 fully saturated rings. The van der Waals surface area contributed by atoms with E-state index in [0.717, 1.165) is 22.5 Å². The van der Waals surface area contributed by atoms with E-state index in [9.17, 15) is 4.79 Å². The van der Waals surface area contributed by atoms with E-state index in [1.165, 1.54) is 7.11 Å². The number of rotatable bonds is 3. The maximum absolute atomic E-state index is 11.5. The largest absolute Gasteiger partial charge is 0.465 e. The average molecular weight is 289 g/mol. The van der Waals surface area contributed by atoms with Crippen LogP contribution in [0.3, 0.4) is 0 Å². The molecule has 0 saturated carbocycles. The van der Waals surface area contributed by atoms with E-state index in [2.05, 4.69) is 0 Å². The van der Waals surface area contributed by atoms with E-state index in [4.69, 9.17) is 9.72 Å². The van der Waals surface area contributed by atoms with Crippen molar-refractivity contribution < 1.29 is 9.53 Å². The van der Waals surface area contributed by atoms with Gasteiger partial charge >= 0.3 is 5.97 Å². The smallest absolute Gasteiger partial charge is 0.337 e. The first kappa shape index (κ1) is 14.0. The van der Waals surface area contributed by atoms with E-state index in [1.807, 2.05) is 60.7 Å². The lowest BCUT2D eigenvalue weighted by Gasteiger charge is -2.06. The number of aromatic nitrogens is 1. The summed E-state index contributed by atoms with van der Waals surface area (Å²) in [6.45, 7) is 0. The van der Waals surface area contributed by atoms with Gasteiger partial charge in [0.05, 0.1) is 24.1 Å². The molecule has 3 aromatic rings. The number of carbonyl (C=O) groups excluding carboxylic acids is 1. The molecular weight excluding hydrogens is 274 g/mol. The minimum Gasteiger partial charge on any atom is -0.465 e. The van der Waals surface area contributed by atoms with Crippen molar-refractivity contribution in [2.24, 2.45) is 0 Å². The second kappa shape index (κ2) is 6.22. The van der Waals surface area contributed by atoms with Gasteiger partial charge in [-0.15, -0.1) is 0 Å². The van der Waals surface area contributed by atoms with Gasteiger partial charge in [-0.2, -0.15) is 0 Å². The zero-order valence-corrected chi connectivity index (χ0v) is 12.2. The van der Waals surface area contributed by atoms with Crippen LogP contribution in [0.15, 0.2) is 72.8 Å². The normalized spacial score (nSPS) is 10.2. The van der Waals surface area contributed by atoms with E-state index in [-0.39, 0.29) is 5.97 Å². The molecule has 3 heteroatoms. The van der Waals surface area contributed by atoms with Crippen molar-refractivity contribution in [3.8, 4) is 22.5 Å². The fourth-order valence-electron chi connectivity index (χ4n) is 2.26. The molecule has 108 valence electrons. The maximum Gasteiger partial charge on any atom is 0.337 e. The van der Waals surface area contributed by atoms with Crippen LogP contribution in [0.25, 0.3) is 22.5 Å². The lowest BCUT2D eigenvalue weighted by molar-refractivity contribution is 0.0601. The van der Waals surface area contributed by atoms with E-state index < -0.39 is 0 Å². The minimum atomic E-state index is -0.336. The Labute approximate surface area is 129 Å². The van der Waals surface area contributed by atoms with Gasteiger partial charge in [-0.05, 0) is 24.3 Å². The molecule has 3 nitrogen and oxygen atoms in total. The number of hydrogen-bond acceptors (Lipinski definition) is 3. The van der Waals surface area contributed by atoms with Crippen molar-refractivity contribution in [3.63, 3.8) is 0 Å². The van der Waals surface area contributed by atoms with Gasteiger partial charge in [-0.25, -0.2) is 9.78 Å². The van der Waals surface area contributed by atoms with Crippen LogP contribution in [0.1, 0.15) is 10.4 Å². The van der Waals surface area contributed by atoms with Crippen molar-refractivity contribution in [2.45, 2.75) is 0 Å². The third-order valence-electron chi connectivity index (χ3n) is 3.42. The number of carbonyl (C=O) groups is 1. The standard InChI is InChI=1S/C19H15NO2/c1-22-19(21)16-12-10-15(11-13-16)18-9-5-8-17(20-18)14-6-3-2-4-7-14/h2-13H,1H3. The number of ether oxygens (including phenoxy) is 1. The van der Waals surface area contributed by atoms with Gasteiger partial charge in [-0.3, -0.25) is 0 Å². The van der Waals surface area contributed by atoms with Crippen molar-refractivity contribution in [3.05, 3.63) is 78.4 Å². The molecule has 0 aliphatic carbocycles. The SMILES string of the molecule is COC(=O)c1ccc(-c2cccc(-c3ccccc3)n2)cc1. The first-order valence-electron chi connectivity index (χ1n) is 6.99. The number of methoxy groups -OCH3 is 1. The summed E-state index contributed by atoms with van der Waals surface area (Å²) >= 11 is 0. The summed E-state index contributed by atoms with van der Waals surface area (Å²) in [4.78, 5) is 16.2. The van der Waals surface area contributed by atoms with Gasteiger partial charge in [-0.1, -0.05) is 48.5 Å². The molecule has 0 bridgehead atoms. The van der Waals surface area contributed by atoms with Crippen molar-refractivity contribution in [1.29, 1.82) is 0 Å². The molecule has 22 heavy (non-hydrogen) atoms. The quantitative estimate of drug-likeness (QED) is 0.678. The maximum atomic E-state index is 11.5. The van der Waals surface area contributed by atoms with Gasteiger partial charge < -0.3 is 4.74 Å². The number of benzene rings is 2. The Morgan fingerprint density at radius 3 is 1.95 bits per heavy atom. The Kier molecular flexibility index (Phi) is 3.97. The topological polar surface area (TPSA) is 39.2 Å². The summed E-state index contributed by atoms with van der Waals surface area (Å²) < 4.78 is 4.70. The van der Waals surface area contributed by atoms with E-state index in [0.29, 0.717) is 5.56 Å². The lowest BCUT2D eigenvalue weighted by atomic mass is 10.1. The Hall–Kier alpha value is -2.94. The third-order valence-corrected chi connectivity index (χ3v) is 3.42. The highest BCUT2D eigenvalue weighted by molar-refractivity contribution is 5.89. The summed E-state index contributed by atoms with van der Waals surface area (Å²) in [5.74, 6) is -0.336. The predicted octanol–water partition coefficient (Wildman–Crippen LogP) is 4.20. The molecule has 0 spiro atoms. The summed E-state index contributed by atoms with van der Waals surface area (Å²) in [6, 6.07) is 23.2. The van der Waals surface area contributed by atoms with Gasteiger partial charge in [0, 0.05) is 11.1 Å². The van der Waals surface area contributed by atoms with E-state index >= 15 is 0 Å². The first-order valence-corrected chi connectivity index (χ1v) is 6.99. The Balaban J connectivity index is 1.94. The number of pyridine rings is 1. The molecule has 0 amide bonds. The van der Waals surface area contributed by atoms with Gasteiger partial charge in [0.25, 0.3) is 0 Å². The average Bonchev–Trinajstić information content (AvgIpc) is 2.62. The fraction of sp³-hybridized carbons (Fsp3) is 0.0526. The van der Waals surface area contributed by atoms with Crippen molar-refractivity contribution in [1.82, 2.24) is 4.98 Å². The van der Waals surface area contributed by atoms with Crippen LogP contribution in [0, 0.1) is 0 Å². The molecule has 0 unspecified atom stereocenters. The Morgan fingerprint density at radius 1 is 0.773 bits per heavy atom. The second-order valence-corrected chi connectivity index (χ2v) is 4.84. The summed E-state index contributed by atoms with van der Waals surface area (Å²) in [6.07, 6.45) is 0. The fourth-order valence-corrected chi connectivity index (χ4v) is 2.26. The monoisotopic (exact) mass is 289 g/mol. The van der Waals surface area contributed by atoms with Crippen LogP contribution in [-0.4, -0.2) is 18.1 Å². The molecule has 0 aliphatic heterocycles. The van der Waals surface area contributed by atoms with Crippen LogP contribution in [0.2, 0.25) is 0 Å². The van der Waals surface area contributed by atoms with Crippen molar-refractivity contribution in [2.75, 3.05) is 7.11 Å². The summed E-state index contributed by atoms with van der Waals surface area (Å²) in [7, 11) is 1.38. The molecular formula is C19H15NO2. The van der Waals surface area contributed by atoms with Gasteiger partial charge in [0.15, 0.2) is 0 Å². The molecule has 0 N–H and O–H groups in total. The molecule has 0 atom stereocenters. The molecule has 3 rings (SSSR count). The van der Waals surface area contributed by atoms with Gasteiger partial charge in [0.1, 0.15) is 0 Å². The lowest BCUT2D eigenvalue weighted by Crippen LogP contribution is -2.00. The van der Waals surface area contributed by atoms with Crippen LogP contribution in [-0.2, 0) is 4.74 Å². The number of nitrogens with zero attached hydrogens (tertiary/aromatic N) is 1. The Morgan fingerprint density at radius 2 is 1.36 bits per heavy atom. The van der Waals surface area contributed by atoms with Crippen molar-refractivity contribution >= 4 is 5.97 Å². The second-order valence-electron chi connectivity index (χ2n) is 4.84.